The lowest BCUT2D eigenvalue weighted by Crippen LogP contribution is -1.80. The summed E-state index contributed by atoms with van der Waals surface area (Å²) in [5.74, 6) is 0. The Labute approximate surface area is 148 Å². The second-order valence-electron chi connectivity index (χ2n) is 5.32. The van der Waals surface area contributed by atoms with Crippen LogP contribution in [-0.2, 0) is 0 Å². The molecule has 0 fully saturated rings. The Hall–Kier alpha value is -1.80. The minimum atomic E-state index is 0.751. The number of rotatable bonds is 2. The topological polar surface area (TPSA) is 0 Å². The van der Waals surface area contributed by atoms with Gasteiger partial charge in [0.25, 0.3) is 0 Å². The van der Waals surface area contributed by atoms with Crippen LogP contribution in [-0.4, -0.2) is 0 Å². The molecular weight excluding hydrogens is 343 g/mol. The van der Waals surface area contributed by atoms with Crippen LogP contribution in [0.1, 0.15) is 0 Å². The smallest absolute Gasteiger partial charge is 0.0433 e. The van der Waals surface area contributed by atoms with Gasteiger partial charge in [0.05, 0.1) is 0 Å². The standard InChI is InChI=1S/C20H12Cl2S/c21-15-9-5-13(6-10-15)19-17-3-1-2-4-18(17)23-20(19)14-7-11-16(22)12-8-14/h1-12H. The van der Waals surface area contributed by atoms with Gasteiger partial charge < -0.3 is 0 Å². The molecule has 0 unspecified atom stereocenters. The van der Waals surface area contributed by atoms with Crippen LogP contribution < -0.4 is 0 Å². The van der Waals surface area contributed by atoms with E-state index in [9.17, 15) is 0 Å². The molecule has 112 valence electrons. The summed E-state index contributed by atoms with van der Waals surface area (Å²) < 4.78 is 1.28. The Balaban J connectivity index is 2.01. The summed E-state index contributed by atoms with van der Waals surface area (Å²) in [6.45, 7) is 0. The molecule has 23 heavy (non-hydrogen) atoms. The molecule has 4 rings (SSSR count). The molecule has 3 heteroatoms. The van der Waals surface area contributed by atoms with Gasteiger partial charge >= 0.3 is 0 Å². The Bertz CT molecular complexity index is 967. The van der Waals surface area contributed by atoms with Crippen molar-refractivity contribution in [2.24, 2.45) is 0 Å². The zero-order chi connectivity index (χ0) is 15.8. The lowest BCUT2D eigenvalue weighted by Gasteiger charge is -2.06. The maximum atomic E-state index is 6.05. The van der Waals surface area contributed by atoms with Gasteiger partial charge in [-0.1, -0.05) is 65.7 Å². The van der Waals surface area contributed by atoms with Crippen molar-refractivity contribution in [3.63, 3.8) is 0 Å². The van der Waals surface area contributed by atoms with Crippen LogP contribution in [0.3, 0.4) is 0 Å². The van der Waals surface area contributed by atoms with E-state index < -0.39 is 0 Å². The molecule has 3 aromatic carbocycles. The van der Waals surface area contributed by atoms with Crippen LogP contribution >= 0.6 is 34.5 Å². The van der Waals surface area contributed by atoms with Gasteiger partial charge in [0.1, 0.15) is 0 Å². The Morgan fingerprint density at radius 2 is 1.17 bits per heavy atom. The van der Waals surface area contributed by atoms with E-state index in [1.165, 1.54) is 31.7 Å². The molecule has 0 radical (unpaired) electrons. The van der Waals surface area contributed by atoms with E-state index in [1.54, 1.807) is 11.3 Å². The summed E-state index contributed by atoms with van der Waals surface area (Å²) in [5.41, 5.74) is 3.61. The molecule has 0 aliphatic rings. The highest BCUT2D eigenvalue weighted by atomic mass is 35.5. The zero-order valence-corrected chi connectivity index (χ0v) is 14.4. The molecule has 1 heterocycles. The zero-order valence-electron chi connectivity index (χ0n) is 12.1. The maximum Gasteiger partial charge on any atom is 0.0433 e. The number of benzene rings is 3. The highest BCUT2D eigenvalue weighted by Crippen LogP contribution is 2.44. The Kier molecular flexibility index (Phi) is 3.86. The van der Waals surface area contributed by atoms with Gasteiger partial charge in [-0.15, -0.1) is 11.3 Å². The van der Waals surface area contributed by atoms with Crippen molar-refractivity contribution in [2.75, 3.05) is 0 Å². The van der Waals surface area contributed by atoms with Crippen LogP contribution in [0.25, 0.3) is 31.7 Å². The Morgan fingerprint density at radius 3 is 1.83 bits per heavy atom. The molecule has 1 aromatic heterocycles. The summed E-state index contributed by atoms with van der Waals surface area (Å²) in [6.07, 6.45) is 0. The highest BCUT2D eigenvalue weighted by Gasteiger charge is 2.15. The molecule has 0 N–H and O–H groups in total. The third kappa shape index (κ3) is 2.76. The van der Waals surface area contributed by atoms with Crippen LogP contribution in [0.2, 0.25) is 10.0 Å². The normalized spacial score (nSPS) is 11.0. The first-order chi connectivity index (χ1) is 11.2. The van der Waals surface area contributed by atoms with Crippen molar-refractivity contribution in [1.29, 1.82) is 0 Å². The molecular formula is C20H12Cl2S. The second-order valence-corrected chi connectivity index (χ2v) is 7.24. The second kappa shape index (κ2) is 6.01. The predicted molar refractivity (Wildman–Crippen MR) is 103 cm³/mol. The fourth-order valence-corrected chi connectivity index (χ4v) is 4.24. The van der Waals surface area contributed by atoms with E-state index in [-0.39, 0.29) is 0 Å². The average molecular weight is 355 g/mol. The molecule has 0 saturated carbocycles. The van der Waals surface area contributed by atoms with Crippen LogP contribution in [0.15, 0.2) is 72.8 Å². The first-order valence-electron chi connectivity index (χ1n) is 7.26. The van der Waals surface area contributed by atoms with E-state index in [1.807, 2.05) is 24.3 Å². The van der Waals surface area contributed by atoms with Crippen molar-refractivity contribution in [2.45, 2.75) is 0 Å². The number of thiophene rings is 1. The molecule has 0 aliphatic heterocycles. The third-order valence-electron chi connectivity index (χ3n) is 3.83. The van der Waals surface area contributed by atoms with Gasteiger partial charge in [0.15, 0.2) is 0 Å². The van der Waals surface area contributed by atoms with Crippen LogP contribution in [0, 0.1) is 0 Å². The first-order valence-corrected chi connectivity index (χ1v) is 8.83. The predicted octanol–water partition coefficient (Wildman–Crippen LogP) is 7.54. The largest absolute Gasteiger partial charge is 0.135 e. The summed E-state index contributed by atoms with van der Waals surface area (Å²) in [6, 6.07) is 24.6. The molecule has 0 nitrogen and oxygen atoms in total. The quantitative estimate of drug-likeness (QED) is 0.348. The average Bonchev–Trinajstić information content (AvgIpc) is 2.96. The molecule has 0 saturated heterocycles. The van der Waals surface area contributed by atoms with Crippen molar-refractivity contribution >= 4 is 44.6 Å². The van der Waals surface area contributed by atoms with Gasteiger partial charge in [-0.25, -0.2) is 0 Å². The molecule has 0 amide bonds. The lowest BCUT2D eigenvalue weighted by molar-refractivity contribution is 1.66. The summed E-state index contributed by atoms with van der Waals surface area (Å²) in [5, 5.41) is 2.77. The fraction of sp³-hybridized carbons (Fsp3) is 0. The monoisotopic (exact) mass is 354 g/mol. The van der Waals surface area contributed by atoms with Crippen molar-refractivity contribution in [3.05, 3.63) is 82.8 Å². The van der Waals surface area contributed by atoms with E-state index in [2.05, 4.69) is 48.5 Å². The minimum Gasteiger partial charge on any atom is -0.135 e. The SMILES string of the molecule is Clc1ccc(-c2sc3ccccc3c2-c2ccc(Cl)cc2)cc1. The number of fused-ring (bicyclic) bond motifs is 1. The third-order valence-corrected chi connectivity index (χ3v) is 5.56. The first kappa shape index (κ1) is 14.8. The van der Waals surface area contributed by atoms with E-state index >= 15 is 0 Å². The number of hydrogen-bond donors (Lipinski definition) is 0. The van der Waals surface area contributed by atoms with Gasteiger partial charge in [-0.2, -0.15) is 0 Å². The van der Waals surface area contributed by atoms with Gasteiger partial charge in [0.2, 0.25) is 0 Å². The van der Waals surface area contributed by atoms with Gasteiger partial charge in [-0.05, 0) is 41.5 Å². The molecule has 0 aliphatic carbocycles. The van der Waals surface area contributed by atoms with Gasteiger partial charge in [-0.3, -0.25) is 0 Å². The maximum absolute atomic E-state index is 6.05. The number of hydrogen-bond acceptors (Lipinski definition) is 1. The van der Waals surface area contributed by atoms with Crippen LogP contribution in [0.4, 0.5) is 0 Å². The van der Waals surface area contributed by atoms with E-state index in [4.69, 9.17) is 23.2 Å². The summed E-state index contributed by atoms with van der Waals surface area (Å²) >= 11 is 13.9. The van der Waals surface area contributed by atoms with E-state index in [0.717, 1.165) is 10.0 Å². The summed E-state index contributed by atoms with van der Waals surface area (Å²) in [4.78, 5) is 1.25. The Morgan fingerprint density at radius 1 is 0.609 bits per heavy atom. The van der Waals surface area contributed by atoms with Crippen LogP contribution in [0.5, 0.6) is 0 Å². The van der Waals surface area contributed by atoms with Crippen molar-refractivity contribution < 1.29 is 0 Å². The molecule has 0 atom stereocenters. The van der Waals surface area contributed by atoms with Crippen molar-refractivity contribution in [1.82, 2.24) is 0 Å². The highest BCUT2D eigenvalue weighted by molar-refractivity contribution is 7.23. The van der Waals surface area contributed by atoms with E-state index in [0.29, 0.717) is 0 Å². The molecule has 0 spiro atoms. The summed E-state index contributed by atoms with van der Waals surface area (Å²) in [7, 11) is 0. The lowest BCUT2D eigenvalue weighted by atomic mass is 9.99. The number of halogens is 2. The van der Waals surface area contributed by atoms with Crippen molar-refractivity contribution in [3.8, 4) is 21.6 Å². The molecule has 4 aromatic rings. The fourth-order valence-electron chi connectivity index (χ4n) is 2.75. The molecule has 0 bridgehead atoms. The van der Waals surface area contributed by atoms with Gasteiger partial charge in [0, 0.05) is 30.6 Å². The minimum absolute atomic E-state index is 0.751.